The molecular formula is C38H35NO6. The van der Waals surface area contributed by atoms with Crippen LogP contribution in [-0.2, 0) is 0 Å². The van der Waals surface area contributed by atoms with Gasteiger partial charge in [-0.05, 0) is 74.5 Å². The maximum atomic E-state index is 13.8. The largest absolute Gasteiger partial charge is 0.478 e. The van der Waals surface area contributed by atoms with E-state index in [2.05, 4.69) is 5.32 Å². The summed E-state index contributed by atoms with van der Waals surface area (Å²) in [5, 5.41) is 15.0. The minimum absolute atomic E-state index is 0.133. The van der Waals surface area contributed by atoms with Gasteiger partial charge in [0.15, 0.2) is 11.5 Å². The minimum Gasteiger partial charge on any atom is -0.478 e. The summed E-state index contributed by atoms with van der Waals surface area (Å²) in [5.74, 6) is -3.68. The zero-order valence-electron chi connectivity index (χ0n) is 25.9. The summed E-state index contributed by atoms with van der Waals surface area (Å²) < 4.78 is 12.1. The molecule has 0 heterocycles. The van der Waals surface area contributed by atoms with E-state index in [1.165, 1.54) is 0 Å². The molecule has 1 unspecified atom stereocenters. The van der Waals surface area contributed by atoms with Crippen molar-refractivity contribution >= 4 is 28.7 Å². The second kappa shape index (κ2) is 13.2. The molecule has 0 aliphatic rings. The number of nitrogens with one attached hydrogen (secondary N) is 1. The van der Waals surface area contributed by atoms with Gasteiger partial charge in [0.25, 0.3) is 0 Å². The summed E-state index contributed by atoms with van der Waals surface area (Å²) in [6.45, 7) is 7.81. The van der Waals surface area contributed by atoms with Gasteiger partial charge in [-0.1, -0.05) is 90.0 Å². The van der Waals surface area contributed by atoms with E-state index >= 15 is 0 Å². The number of rotatable bonds is 9. The van der Waals surface area contributed by atoms with Crippen molar-refractivity contribution < 1.29 is 29.0 Å². The Morgan fingerprint density at radius 2 is 1.20 bits per heavy atom. The Morgan fingerprint density at radius 3 is 1.71 bits per heavy atom. The van der Waals surface area contributed by atoms with Gasteiger partial charge in [-0.15, -0.1) is 0 Å². The van der Waals surface area contributed by atoms with Crippen molar-refractivity contribution in [3.05, 3.63) is 141 Å². The highest BCUT2D eigenvalue weighted by Crippen LogP contribution is 2.46. The van der Waals surface area contributed by atoms with Crippen LogP contribution in [0.5, 0.6) is 11.5 Å². The number of likely N-dealkylation sites (N-methyl/N-ethyl adjacent to an activating group) is 1. The zero-order valence-corrected chi connectivity index (χ0v) is 25.9. The Morgan fingerprint density at radius 1 is 0.689 bits per heavy atom. The summed E-state index contributed by atoms with van der Waals surface area (Å²) in [5.41, 5.74) is 4.95. The van der Waals surface area contributed by atoms with Gasteiger partial charge in [-0.3, -0.25) is 0 Å². The van der Waals surface area contributed by atoms with Gasteiger partial charge >= 0.3 is 17.9 Å². The molecule has 1 atom stereocenters. The second-order valence-corrected chi connectivity index (χ2v) is 11.2. The molecule has 0 aromatic heterocycles. The van der Waals surface area contributed by atoms with Crippen LogP contribution in [0.25, 0.3) is 10.8 Å². The highest BCUT2D eigenvalue weighted by Gasteiger charge is 2.33. The first kappa shape index (κ1) is 31.2. The van der Waals surface area contributed by atoms with Crippen LogP contribution in [0.4, 0.5) is 0 Å². The highest BCUT2D eigenvalue weighted by atomic mass is 16.6. The molecule has 0 saturated heterocycles. The lowest BCUT2D eigenvalue weighted by atomic mass is 9.83. The monoisotopic (exact) mass is 601 g/mol. The van der Waals surface area contributed by atoms with Gasteiger partial charge in [0.05, 0.1) is 11.1 Å². The van der Waals surface area contributed by atoms with E-state index in [0.717, 1.165) is 16.7 Å². The molecule has 5 aromatic rings. The Kier molecular flexibility index (Phi) is 9.11. The van der Waals surface area contributed by atoms with Crippen molar-refractivity contribution in [2.75, 3.05) is 13.6 Å². The molecule has 0 fully saturated rings. The highest BCUT2D eigenvalue weighted by molar-refractivity contribution is 6.08. The van der Waals surface area contributed by atoms with Crippen LogP contribution in [0.3, 0.4) is 0 Å². The van der Waals surface area contributed by atoms with E-state index in [4.69, 9.17) is 9.47 Å². The van der Waals surface area contributed by atoms with E-state index in [1.807, 2.05) is 56.3 Å². The minimum atomic E-state index is -1.32. The van der Waals surface area contributed by atoms with Crippen molar-refractivity contribution in [3.63, 3.8) is 0 Å². The standard InChI is InChI=1S/C38H35NO6/c1-22-15-17-27(24(3)19-22)37(42)44-34-30-14-10-9-13-29(30)32(31(21-39-5)26-11-7-6-8-12-26)33(36(40)41)35(34)45-38(43)28-18-16-23(2)20-25(28)4/h6-20,31,39H,21H2,1-5H3,(H,40,41). The first-order valence-electron chi connectivity index (χ1n) is 14.7. The fourth-order valence-corrected chi connectivity index (χ4v) is 5.84. The number of carbonyl (C=O) groups excluding carboxylic acids is 2. The van der Waals surface area contributed by atoms with Gasteiger partial charge in [0.1, 0.15) is 5.56 Å². The van der Waals surface area contributed by atoms with E-state index < -0.39 is 23.8 Å². The van der Waals surface area contributed by atoms with Gasteiger partial charge < -0.3 is 19.9 Å². The Balaban J connectivity index is 1.82. The number of aryl methyl sites for hydroxylation is 4. The van der Waals surface area contributed by atoms with Crippen LogP contribution in [0.1, 0.15) is 70.4 Å². The summed E-state index contributed by atoms with van der Waals surface area (Å²) in [6.07, 6.45) is 0. The number of carboxylic acid groups (broad SMARTS) is 1. The van der Waals surface area contributed by atoms with Gasteiger partial charge in [-0.2, -0.15) is 0 Å². The van der Waals surface area contributed by atoms with Crippen LogP contribution in [0, 0.1) is 27.7 Å². The quantitative estimate of drug-likeness (QED) is 0.133. The predicted molar refractivity (Wildman–Crippen MR) is 175 cm³/mol. The molecule has 0 amide bonds. The van der Waals surface area contributed by atoms with Crippen LogP contribution < -0.4 is 14.8 Å². The van der Waals surface area contributed by atoms with Gasteiger partial charge in [-0.25, -0.2) is 14.4 Å². The van der Waals surface area contributed by atoms with Crippen molar-refractivity contribution in [2.24, 2.45) is 0 Å². The van der Waals surface area contributed by atoms with E-state index in [0.29, 0.717) is 39.6 Å². The number of benzene rings is 5. The lowest BCUT2D eigenvalue weighted by Gasteiger charge is -2.25. The fraction of sp³-hybridized carbons (Fsp3) is 0.184. The Hall–Kier alpha value is -5.27. The van der Waals surface area contributed by atoms with Crippen molar-refractivity contribution in [3.8, 4) is 11.5 Å². The number of hydrogen-bond acceptors (Lipinski definition) is 6. The molecule has 0 saturated carbocycles. The summed E-state index contributed by atoms with van der Waals surface area (Å²) in [7, 11) is 1.79. The third kappa shape index (κ3) is 6.35. The number of hydrogen-bond donors (Lipinski definition) is 2. The fourth-order valence-electron chi connectivity index (χ4n) is 5.84. The molecule has 7 nitrogen and oxygen atoms in total. The topological polar surface area (TPSA) is 102 Å². The SMILES string of the molecule is CNCC(c1ccccc1)c1c(C(=O)O)c(OC(=O)c2ccc(C)cc2C)c(OC(=O)c2ccc(C)cc2C)c2ccccc12. The number of aromatic carboxylic acids is 1. The molecule has 0 aliphatic heterocycles. The number of esters is 2. The van der Waals surface area contributed by atoms with Crippen molar-refractivity contribution in [1.82, 2.24) is 5.32 Å². The van der Waals surface area contributed by atoms with Crippen LogP contribution >= 0.6 is 0 Å². The first-order chi connectivity index (χ1) is 21.6. The average Bonchev–Trinajstić information content (AvgIpc) is 3.01. The lowest BCUT2D eigenvalue weighted by molar-refractivity contribution is 0.0652. The van der Waals surface area contributed by atoms with E-state index in [9.17, 15) is 19.5 Å². The Bertz CT molecular complexity index is 1930. The molecule has 7 heteroatoms. The summed E-state index contributed by atoms with van der Waals surface area (Å²) in [4.78, 5) is 40.8. The molecule has 45 heavy (non-hydrogen) atoms. The molecule has 5 rings (SSSR count). The zero-order chi connectivity index (χ0) is 32.2. The normalized spacial score (nSPS) is 11.7. The number of carboxylic acids is 1. The third-order valence-corrected chi connectivity index (χ3v) is 7.93. The molecule has 228 valence electrons. The van der Waals surface area contributed by atoms with Gasteiger partial charge in [0, 0.05) is 17.8 Å². The third-order valence-electron chi connectivity index (χ3n) is 7.93. The maximum Gasteiger partial charge on any atom is 0.343 e. The van der Waals surface area contributed by atoms with Crippen molar-refractivity contribution in [1.29, 1.82) is 0 Å². The van der Waals surface area contributed by atoms with Crippen LogP contribution in [0.15, 0.2) is 91.0 Å². The van der Waals surface area contributed by atoms with Crippen LogP contribution in [0.2, 0.25) is 0 Å². The molecule has 2 N–H and O–H groups in total. The molecule has 0 radical (unpaired) electrons. The number of fused-ring (bicyclic) bond motifs is 1. The van der Waals surface area contributed by atoms with E-state index in [-0.39, 0.29) is 22.6 Å². The van der Waals surface area contributed by atoms with E-state index in [1.54, 1.807) is 69.4 Å². The van der Waals surface area contributed by atoms with Gasteiger partial charge in [0.2, 0.25) is 0 Å². The first-order valence-corrected chi connectivity index (χ1v) is 14.7. The summed E-state index contributed by atoms with van der Waals surface area (Å²) >= 11 is 0. The molecule has 0 bridgehead atoms. The molecule has 0 spiro atoms. The average molecular weight is 602 g/mol. The Labute approximate surface area is 262 Å². The number of ether oxygens (including phenoxy) is 2. The van der Waals surface area contributed by atoms with Crippen molar-refractivity contribution in [2.45, 2.75) is 33.6 Å². The predicted octanol–water partition coefficient (Wildman–Crippen LogP) is 7.56. The molecule has 5 aromatic carbocycles. The lowest BCUT2D eigenvalue weighted by Crippen LogP contribution is -2.23. The smallest absolute Gasteiger partial charge is 0.343 e. The van der Waals surface area contributed by atoms with Crippen LogP contribution in [-0.4, -0.2) is 36.6 Å². The number of carbonyl (C=O) groups is 3. The molecule has 0 aliphatic carbocycles. The summed E-state index contributed by atoms with van der Waals surface area (Å²) in [6, 6.07) is 27.3. The maximum absolute atomic E-state index is 13.8. The molecular weight excluding hydrogens is 566 g/mol. The second-order valence-electron chi connectivity index (χ2n) is 11.2.